The Labute approximate surface area is 364 Å². The minimum atomic E-state index is -3.71. The number of rotatable bonds is 7. The first-order valence-electron chi connectivity index (χ1n) is 21.6. The zero-order valence-corrected chi connectivity index (χ0v) is 36.4. The Morgan fingerprint density at radius 2 is 0.516 bits per heavy atom. The van der Waals surface area contributed by atoms with E-state index in [0.717, 1.165) is 43.0 Å². The van der Waals surface area contributed by atoms with Crippen LogP contribution in [0.4, 0.5) is 0 Å². The SMILES string of the molecule is CC12C(C3=C(P(=O)(c4ccccc4)c4ccccc4)C4c5ccccc5C3(C)c3ccccc34)=C(P(=O)(c3ccccc3)c3ccccc3)C(c3ccccc31)c1ccccc12. The lowest BCUT2D eigenvalue weighted by Gasteiger charge is -2.58. The molecule has 0 heterocycles. The van der Waals surface area contributed by atoms with Gasteiger partial charge in [-0.05, 0) is 69.5 Å². The van der Waals surface area contributed by atoms with Crippen molar-refractivity contribution in [3.8, 4) is 0 Å². The van der Waals surface area contributed by atoms with Crippen LogP contribution < -0.4 is 21.2 Å². The first-order chi connectivity index (χ1) is 30.3. The molecule has 6 aliphatic carbocycles. The maximum Gasteiger partial charge on any atom is 0.168 e. The highest BCUT2D eigenvalue weighted by Gasteiger charge is 2.63. The average Bonchev–Trinajstić information content (AvgIpc) is 3.34. The van der Waals surface area contributed by atoms with Crippen LogP contribution in [0.1, 0.15) is 70.2 Å². The third kappa shape index (κ3) is 4.72. The molecule has 62 heavy (non-hydrogen) atoms. The van der Waals surface area contributed by atoms with Crippen LogP contribution in [0, 0.1) is 0 Å². The van der Waals surface area contributed by atoms with Gasteiger partial charge in [-0.3, -0.25) is 0 Å². The van der Waals surface area contributed by atoms with Crippen molar-refractivity contribution in [1.29, 1.82) is 0 Å². The molecule has 0 spiro atoms. The summed E-state index contributed by atoms with van der Waals surface area (Å²) in [6.45, 7) is 4.75. The first kappa shape index (κ1) is 37.5. The Morgan fingerprint density at radius 1 is 0.306 bits per heavy atom. The van der Waals surface area contributed by atoms with E-state index in [9.17, 15) is 0 Å². The van der Waals surface area contributed by atoms with Crippen LogP contribution in [0.2, 0.25) is 0 Å². The minimum absolute atomic E-state index is 0.332. The molecule has 0 N–H and O–H groups in total. The van der Waals surface area contributed by atoms with Crippen molar-refractivity contribution >= 4 is 35.5 Å². The zero-order chi connectivity index (χ0) is 41.8. The lowest BCUT2D eigenvalue weighted by atomic mass is 9.48. The van der Waals surface area contributed by atoms with E-state index in [1.807, 2.05) is 72.8 Å². The van der Waals surface area contributed by atoms with Crippen molar-refractivity contribution in [3.05, 3.63) is 285 Å². The zero-order valence-electron chi connectivity index (χ0n) is 34.7. The van der Waals surface area contributed by atoms with E-state index in [-0.39, 0.29) is 11.8 Å². The van der Waals surface area contributed by atoms with Crippen LogP contribution in [0.5, 0.6) is 0 Å². The summed E-state index contributed by atoms with van der Waals surface area (Å²) >= 11 is 0. The highest BCUT2D eigenvalue weighted by atomic mass is 31.2. The third-order valence-electron chi connectivity index (χ3n) is 14.7. The highest BCUT2D eigenvalue weighted by molar-refractivity contribution is 7.83. The quantitative estimate of drug-likeness (QED) is 0.150. The fraction of sp³-hybridized carbons (Fsp3) is 0.103. The smallest absolute Gasteiger partial charge is 0.168 e. The van der Waals surface area contributed by atoms with Crippen molar-refractivity contribution in [2.75, 3.05) is 0 Å². The molecule has 298 valence electrons. The molecule has 0 atom stereocenters. The maximum atomic E-state index is 17.7. The summed E-state index contributed by atoms with van der Waals surface area (Å²) in [4.78, 5) is 0. The van der Waals surface area contributed by atoms with Crippen molar-refractivity contribution in [2.45, 2.75) is 36.5 Å². The van der Waals surface area contributed by atoms with E-state index >= 15 is 9.13 Å². The number of allylic oxidation sites excluding steroid dienone is 4. The van der Waals surface area contributed by atoms with Crippen molar-refractivity contribution < 1.29 is 9.13 Å². The average molecular weight is 835 g/mol. The maximum absolute atomic E-state index is 17.7. The Kier molecular flexibility index (Phi) is 8.22. The summed E-state index contributed by atoms with van der Waals surface area (Å²) in [5.41, 5.74) is 10.1. The molecular weight excluding hydrogens is 791 g/mol. The summed E-state index contributed by atoms with van der Waals surface area (Å²) in [6, 6.07) is 76.2. The number of hydrogen-bond donors (Lipinski definition) is 0. The minimum Gasteiger partial charge on any atom is -0.309 e. The summed E-state index contributed by atoms with van der Waals surface area (Å²) < 4.78 is 35.4. The predicted octanol–water partition coefficient (Wildman–Crippen LogP) is 12.5. The Bertz CT molecular complexity index is 2870. The normalized spacial score (nSPS) is 21.8. The standard InChI is InChI=1S/C58H44O2P2/c1-57-47-35-19-15-31-43(47)51(44-32-16-20-36-48(44)57)55(61(59,39-23-7-3-8-24-39)40-25-9-4-10-26-40)53(57)54-56(62(60,41-27-11-5-12-28-41)42-29-13-6-14-30-42)52-45-33-17-21-37-49(45)58(54,2)50-38-22-18-34-46(50)52/h3-38,51-52H,1-2H3. The molecule has 8 aromatic carbocycles. The van der Waals surface area contributed by atoms with E-state index in [1.165, 1.54) is 44.5 Å². The Balaban J connectivity index is 1.37. The highest BCUT2D eigenvalue weighted by Crippen LogP contribution is 2.77. The van der Waals surface area contributed by atoms with Gasteiger partial charge in [0, 0.05) is 54.5 Å². The molecule has 0 amide bonds. The van der Waals surface area contributed by atoms with Gasteiger partial charge in [-0.15, -0.1) is 0 Å². The second-order valence-electron chi connectivity index (χ2n) is 17.5. The van der Waals surface area contributed by atoms with Gasteiger partial charge in [0.1, 0.15) is 0 Å². The Morgan fingerprint density at radius 3 is 0.758 bits per heavy atom. The van der Waals surface area contributed by atoms with Crippen LogP contribution >= 0.6 is 14.3 Å². The van der Waals surface area contributed by atoms with E-state index in [4.69, 9.17) is 0 Å². The van der Waals surface area contributed by atoms with Crippen LogP contribution in [0.25, 0.3) is 0 Å². The van der Waals surface area contributed by atoms with Gasteiger partial charge in [0.25, 0.3) is 0 Å². The van der Waals surface area contributed by atoms with Gasteiger partial charge in [-0.1, -0.05) is 218 Å². The predicted molar refractivity (Wildman–Crippen MR) is 256 cm³/mol. The van der Waals surface area contributed by atoms with E-state index < -0.39 is 25.1 Å². The molecule has 0 radical (unpaired) electrons. The topological polar surface area (TPSA) is 34.1 Å². The van der Waals surface area contributed by atoms with Crippen LogP contribution in [-0.4, -0.2) is 0 Å². The molecule has 14 rings (SSSR count). The van der Waals surface area contributed by atoms with Gasteiger partial charge in [0.15, 0.2) is 14.3 Å². The summed E-state index contributed by atoms with van der Waals surface area (Å²) in [7, 11) is -7.41. The second-order valence-corrected chi connectivity index (χ2v) is 23.0. The molecule has 0 aliphatic heterocycles. The molecule has 2 nitrogen and oxygen atoms in total. The van der Waals surface area contributed by atoms with Crippen LogP contribution in [0.3, 0.4) is 0 Å². The van der Waals surface area contributed by atoms with Gasteiger partial charge >= 0.3 is 0 Å². The third-order valence-corrected chi connectivity index (χ3v) is 21.1. The molecule has 8 aromatic rings. The van der Waals surface area contributed by atoms with E-state index in [0.29, 0.717) is 0 Å². The van der Waals surface area contributed by atoms with Gasteiger partial charge in [-0.25, -0.2) is 0 Å². The van der Waals surface area contributed by atoms with Crippen molar-refractivity contribution in [1.82, 2.24) is 0 Å². The summed E-state index contributed by atoms with van der Waals surface area (Å²) in [5.74, 6) is -0.664. The summed E-state index contributed by atoms with van der Waals surface area (Å²) in [5, 5.41) is 5.06. The van der Waals surface area contributed by atoms with Gasteiger partial charge in [0.2, 0.25) is 0 Å². The van der Waals surface area contributed by atoms with Crippen LogP contribution in [0.15, 0.2) is 240 Å². The fourth-order valence-corrected chi connectivity index (χ4v) is 18.9. The molecule has 0 fully saturated rings. The molecule has 4 heteroatoms. The first-order valence-corrected chi connectivity index (χ1v) is 25.1. The molecule has 4 bridgehead atoms. The molecular formula is C58H44O2P2. The van der Waals surface area contributed by atoms with Gasteiger partial charge in [-0.2, -0.15) is 0 Å². The molecule has 0 saturated heterocycles. The molecule has 0 aromatic heterocycles. The van der Waals surface area contributed by atoms with E-state index in [1.54, 1.807) is 0 Å². The van der Waals surface area contributed by atoms with E-state index in [2.05, 4.69) is 159 Å². The number of hydrogen-bond acceptors (Lipinski definition) is 2. The van der Waals surface area contributed by atoms with Crippen molar-refractivity contribution in [2.24, 2.45) is 0 Å². The Hall–Kier alpha value is -6.30. The lowest BCUT2D eigenvalue weighted by molar-refractivity contribution is 0.523. The molecule has 0 unspecified atom stereocenters. The lowest BCUT2D eigenvalue weighted by Crippen LogP contribution is -2.49. The monoisotopic (exact) mass is 834 g/mol. The van der Waals surface area contributed by atoms with Crippen molar-refractivity contribution in [3.63, 3.8) is 0 Å². The van der Waals surface area contributed by atoms with Gasteiger partial charge in [0.05, 0.1) is 0 Å². The number of benzene rings is 8. The van der Waals surface area contributed by atoms with Crippen LogP contribution in [-0.2, 0) is 20.0 Å². The largest absolute Gasteiger partial charge is 0.309 e. The number of fused-ring (bicyclic) bond motifs is 1. The second kappa shape index (κ2) is 13.6. The van der Waals surface area contributed by atoms with Gasteiger partial charge < -0.3 is 9.13 Å². The molecule has 0 saturated carbocycles. The fourth-order valence-electron chi connectivity index (χ4n) is 12.2. The summed E-state index contributed by atoms with van der Waals surface area (Å²) in [6.07, 6.45) is 0. The molecule has 6 aliphatic rings.